The van der Waals surface area contributed by atoms with E-state index in [4.69, 9.17) is 9.84 Å². The van der Waals surface area contributed by atoms with Gasteiger partial charge in [0.15, 0.2) is 5.60 Å². The second kappa shape index (κ2) is 4.04. The zero-order valence-corrected chi connectivity index (χ0v) is 8.10. The van der Waals surface area contributed by atoms with Crippen LogP contribution in [0.5, 0.6) is 0 Å². The van der Waals surface area contributed by atoms with Crippen LogP contribution in [0.4, 0.5) is 4.79 Å². The fourth-order valence-electron chi connectivity index (χ4n) is 1.07. The van der Waals surface area contributed by atoms with Gasteiger partial charge in [-0.2, -0.15) is 0 Å². The molecular weight excluding hydrogens is 184 g/mol. The van der Waals surface area contributed by atoms with Crippen LogP contribution in [-0.4, -0.2) is 21.2 Å². The topological polar surface area (TPSA) is 72.3 Å². The first-order valence-electron chi connectivity index (χ1n) is 4.27. The molecule has 1 N–H and O–H groups in total. The Hall–Kier alpha value is -1.65. The van der Waals surface area contributed by atoms with Gasteiger partial charge in [-0.25, -0.2) is 4.79 Å². The third kappa shape index (κ3) is 2.18. The maximum atomic E-state index is 10.5. The Morgan fingerprint density at radius 1 is 1.64 bits per heavy atom. The summed E-state index contributed by atoms with van der Waals surface area (Å²) >= 11 is 0. The van der Waals surface area contributed by atoms with Gasteiger partial charge in [0.05, 0.1) is 6.20 Å². The van der Waals surface area contributed by atoms with Crippen LogP contribution >= 0.6 is 0 Å². The molecule has 1 unspecified atom stereocenters. The summed E-state index contributed by atoms with van der Waals surface area (Å²) in [6.07, 6.45) is 3.75. The molecule has 14 heavy (non-hydrogen) atoms. The maximum Gasteiger partial charge on any atom is 0.506 e. The highest BCUT2D eigenvalue weighted by Crippen LogP contribution is 2.26. The van der Waals surface area contributed by atoms with Gasteiger partial charge in [-0.3, -0.25) is 9.97 Å². The highest BCUT2D eigenvalue weighted by Gasteiger charge is 2.30. The van der Waals surface area contributed by atoms with E-state index in [9.17, 15) is 4.79 Å². The number of nitrogens with zero attached hydrogens (tertiary/aromatic N) is 2. The third-order valence-corrected chi connectivity index (χ3v) is 2.09. The van der Waals surface area contributed by atoms with Crippen molar-refractivity contribution in [2.24, 2.45) is 0 Å². The molecule has 0 spiro atoms. The zero-order valence-electron chi connectivity index (χ0n) is 8.10. The lowest BCUT2D eigenvalue weighted by Gasteiger charge is -2.25. The average molecular weight is 196 g/mol. The van der Waals surface area contributed by atoms with Gasteiger partial charge in [0.25, 0.3) is 0 Å². The molecule has 0 fully saturated rings. The Balaban J connectivity index is 2.95. The lowest BCUT2D eigenvalue weighted by molar-refractivity contribution is -0.0162. The van der Waals surface area contributed by atoms with Gasteiger partial charge in [-0.05, 0) is 13.3 Å². The molecular formula is C9H12N2O3. The number of hydrogen-bond acceptors (Lipinski definition) is 4. The van der Waals surface area contributed by atoms with Crippen LogP contribution in [0.15, 0.2) is 18.6 Å². The van der Waals surface area contributed by atoms with E-state index in [0.717, 1.165) is 0 Å². The van der Waals surface area contributed by atoms with E-state index in [1.54, 1.807) is 6.92 Å². The van der Waals surface area contributed by atoms with Crippen molar-refractivity contribution in [3.63, 3.8) is 0 Å². The van der Waals surface area contributed by atoms with E-state index < -0.39 is 11.8 Å². The molecule has 1 heterocycles. The molecule has 1 aromatic heterocycles. The molecule has 1 atom stereocenters. The van der Waals surface area contributed by atoms with E-state index in [1.807, 2.05) is 6.92 Å². The first-order valence-corrected chi connectivity index (χ1v) is 4.27. The molecule has 0 aliphatic rings. The predicted octanol–water partition coefficient (Wildman–Crippen LogP) is 1.80. The van der Waals surface area contributed by atoms with Gasteiger partial charge in [0.2, 0.25) is 0 Å². The Morgan fingerprint density at radius 3 is 2.79 bits per heavy atom. The molecule has 1 rings (SSSR count). The summed E-state index contributed by atoms with van der Waals surface area (Å²) < 4.78 is 4.79. The molecule has 76 valence electrons. The van der Waals surface area contributed by atoms with Crippen LogP contribution < -0.4 is 0 Å². The Labute approximate surface area is 81.8 Å². The molecule has 5 heteroatoms. The van der Waals surface area contributed by atoms with Gasteiger partial charge >= 0.3 is 6.16 Å². The summed E-state index contributed by atoms with van der Waals surface area (Å²) in [7, 11) is 0. The maximum absolute atomic E-state index is 10.5. The highest BCUT2D eigenvalue weighted by atomic mass is 16.7. The Kier molecular flexibility index (Phi) is 3.01. The van der Waals surface area contributed by atoms with Crippen molar-refractivity contribution < 1.29 is 14.6 Å². The molecule has 0 aromatic carbocycles. The summed E-state index contributed by atoms with van der Waals surface area (Å²) in [5.74, 6) is 0. The number of ether oxygens (including phenoxy) is 1. The molecule has 0 saturated heterocycles. The van der Waals surface area contributed by atoms with Crippen LogP contribution in [0.3, 0.4) is 0 Å². The van der Waals surface area contributed by atoms with Gasteiger partial charge in [-0.15, -0.1) is 0 Å². The lowest BCUT2D eigenvalue weighted by atomic mass is 9.99. The number of rotatable bonds is 3. The van der Waals surface area contributed by atoms with Crippen molar-refractivity contribution in [2.75, 3.05) is 0 Å². The minimum Gasteiger partial charge on any atom is -0.450 e. The molecule has 0 aliphatic carbocycles. The monoisotopic (exact) mass is 196 g/mol. The normalized spacial score (nSPS) is 14.4. The summed E-state index contributed by atoms with van der Waals surface area (Å²) in [5, 5.41) is 8.57. The van der Waals surface area contributed by atoms with Gasteiger partial charge in [-0.1, -0.05) is 6.92 Å². The molecule has 0 bridgehead atoms. The van der Waals surface area contributed by atoms with Crippen molar-refractivity contribution in [3.8, 4) is 0 Å². The van der Waals surface area contributed by atoms with Gasteiger partial charge < -0.3 is 9.84 Å². The standard InChI is InChI=1S/C9H12N2O3/c1-3-9(2,14-8(12)13)7-6-10-4-5-11-7/h4-6H,3H2,1-2H3,(H,12,13). The van der Waals surface area contributed by atoms with Crippen molar-refractivity contribution in [3.05, 3.63) is 24.3 Å². The van der Waals surface area contributed by atoms with E-state index in [0.29, 0.717) is 12.1 Å². The lowest BCUT2D eigenvalue weighted by Crippen LogP contribution is -2.28. The average Bonchev–Trinajstić information content (AvgIpc) is 2.18. The number of carbonyl (C=O) groups is 1. The molecule has 0 radical (unpaired) electrons. The zero-order chi connectivity index (χ0) is 10.6. The number of carboxylic acid groups (broad SMARTS) is 1. The fourth-order valence-corrected chi connectivity index (χ4v) is 1.07. The van der Waals surface area contributed by atoms with Crippen molar-refractivity contribution in [1.29, 1.82) is 0 Å². The minimum absolute atomic E-state index is 0.512. The van der Waals surface area contributed by atoms with Crippen LogP contribution in [-0.2, 0) is 10.3 Å². The summed E-state index contributed by atoms with van der Waals surface area (Å²) in [6, 6.07) is 0. The smallest absolute Gasteiger partial charge is 0.450 e. The Bertz CT molecular complexity index is 315. The second-order valence-corrected chi connectivity index (χ2v) is 3.04. The minimum atomic E-state index is -1.31. The number of hydrogen-bond donors (Lipinski definition) is 1. The van der Waals surface area contributed by atoms with E-state index in [-0.39, 0.29) is 0 Å². The first-order chi connectivity index (χ1) is 6.58. The van der Waals surface area contributed by atoms with Crippen LogP contribution in [0, 0.1) is 0 Å². The SMILES string of the molecule is CCC(C)(OC(=O)O)c1cnccn1. The van der Waals surface area contributed by atoms with E-state index in [1.165, 1.54) is 18.6 Å². The quantitative estimate of drug-likeness (QED) is 0.746. The van der Waals surface area contributed by atoms with Crippen molar-refractivity contribution in [2.45, 2.75) is 25.9 Å². The van der Waals surface area contributed by atoms with Crippen molar-refractivity contribution >= 4 is 6.16 Å². The number of aromatic nitrogens is 2. The Morgan fingerprint density at radius 2 is 2.36 bits per heavy atom. The predicted molar refractivity (Wildman–Crippen MR) is 48.8 cm³/mol. The molecule has 1 aromatic rings. The van der Waals surface area contributed by atoms with Crippen LogP contribution in [0.25, 0.3) is 0 Å². The van der Waals surface area contributed by atoms with Crippen molar-refractivity contribution in [1.82, 2.24) is 9.97 Å². The second-order valence-electron chi connectivity index (χ2n) is 3.04. The molecule has 5 nitrogen and oxygen atoms in total. The van der Waals surface area contributed by atoms with Crippen LogP contribution in [0.2, 0.25) is 0 Å². The third-order valence-electron chi connectivity index (χ3n) is 2.09. The van der Waals surface area contributed by atoms with Gasteiger partial charge in [0.1, 0.15) is 5.69 Å². The summed E-state index contributed by atoms with van der Waals surface area (Å²) in [4.78, 5) is 18.4. The highest BCUT2D eigenvalue weighted by molar-refractivity contribution is 5.57. The molecule has 0 aliphatic heterocycles. The first kappa shape index (κ1) is 10.4. The van der Waals surface area contributed by atoms with Gasteiger partial charge in [0, 0.05) is 12.4 Å². The van der Waals surface area contributed by atoms with Crippen LogP contribution in [0.1, 0.15) is 26.0 Å². The van der Waals surface area contributed by atoms with E-state index >= 15 is 0 Å². The van der Waals surface area contributed by atoms with E-state index in [2.05, 4.69) is 9.97 Å². The summed E-state index contributed by atoms with van der Waals surface area (Å²) in [6.45, 7) is 3.50. The molecule has 0 saturated carbocycles. The fraction of sp³-hybridized carbons (Fsp3) is 0.444. The summed E-state index contributed by atoms with van der Waals surface area (Å²) in [5.41, 5.74) is -0.398. The molecule has 0 amide bonds. The largest absolute Gasteiger partial charge is 0.506 e.